The smallest absolute Gasteiger partial charge is 0.233 e. The fourth-order valence-electron chi connectivity index (χ4n) is 3.52. The number of amides is 1. The van der Waals surface area contributed by atoms with Crippen LogP contribution < -0.4 is 4.90 Å². The third-order valence-corrected chi connectivity index (χ3v) is 6.16. The van der Waals surface area contributed by atoms with Crippen molar-refractivity contribution in [3.8, 4) is 0 Å². The molecule has 2 heterocycles. The number of aromatic nitrogens is 1. The lowest BCUT2D eigenvalue weighted by molar-refractivity contribution is -0.134. The topological polar surface area (TPSA) is 36.4 Å². The number of nitrogens with zero attached hydrogens (tertiary/aromatic N) is 3. The van der Waals surface area contributed by atoms with Crippen LogP contribution in [0.15, 0.2) is 51.5 Å². The minimum atomic E-state index is -0.279. The van der Waals surface area contributed by atoms with Crippen molar-refractivity contribution in [1.82, 2.24) is 9.88 Å². The Morgan fingerprint density at radius 1 is 0.920 bits per heavy atom. The molecule has 25 heavy (non-hydrogen) atoms. The largest absolute Gasteiger partial charge is 0.353 e. The van der Waals surface area contributed by atoms with E-state index in [0.717, 1.165) is 59.3 Å². The molecule has 1 saturated carbocycles. The summed E-state index contributed by atoms with van der Waals surface area (Å²) < 4.78 is 2.03. The monoisotopic (exact) mass is 463 g/mol. The molecular weight excluding hydrogens is 446 g/mol. The number of halogens is 2. The van der Waals surface area contributed by atoms with Gasteiger partial charge in [-0.05, 0) is 58.6 Å². The Labute approximate surface area is 164 Å². The molecule has 0 bridgehead atoms. The van der Waals surface area contributed by atoms with Gasteiger partial charge in [0.05, 0.1) is 5.41 Å². The highest BCUT2D eigenvalue weighted by molar-refractivity contribution is 9.10. The minimum absolute atomic E-state index is 0.279. The first-order valence-electron chi connectivity index (χ1n) is 8.50. The van der Waals surface area contributed by atoms with Crippen LogP contribution in [0.5, 0.6) is 0 Å². The van der Waals surface area contributed by atoms with Gasteiger partial charge in [0.25, 0.3) is 0 Å². The molecule has 1 aliphatic carbocycles. The number of piperazine rings is 1. The Hall–Kier alpha value is -1.40. The average molecular weight is 465 g/mol. The SMILES string of the molecule is O=C(N1CCN(c2ccc(Br)cn2)CC1)C1(c2ccc(Br)cc2)CC1. The molecule has 130 valence electrons. The minimum Gasteiger partial charge on any atom is -0.353 e. The number of carbonyl (C=O) groups is 1. The molecule has 1 aliphatic heterocycles. The maximum Gasteiger partial charge on any atom is 0.233 e. The molecular formula is C19H19Br2N3O. The zero-order valence-electron chi connectivity index (χ0n) is 13.8. The number of hydrogen-bond donors (Lipinski definition) is 0. The molecule has 4 rings (SSSR count). The van der Waals surface area contributed by atoms with Crippen molar-refractivity contribution in [2.24, 2.45) is 0 Å². The van der Waals surface area contributed by atoms with Crippen LogP contribution in [0.25, 0.3) is 0 Å². The third-order valence-electron chi connectivity index (χ3n) is 5.16. The van der Waals surface area contributed by atoms with Crippen molar-refractivity contribution in [1.29, 1.82) is 0 Å². The molecule has 0 spiro atoms. The van der Waals surface area contributed by atoms with E-state index in [1.54, 1.807) is 0 Å². The molecule has 1 amide bonds. The van der Waals surface area contributed by atoms with Crippen LogP contribution in [0.2, 0.25) is 0 Å². The van der Waals surface area contributed by atoms with Gasteiger partial charge in [-0.15, -0.1) is 0 Å². The van der Waals surface area contributed by atoms with Crippen LogP contribution in [-0.2, 0) is 10.2 Å². The number of carbonyl (C=O) groups excluding carboxylic acids is 1. The van der Waals surface area contributed by atoms with E-state index < -0.39 is 0 Å². The second kappa shape index (κ2) is 6.72. The Kier molecular flexibility index (Phi) is 4.58. The Morgan fingerprint density at radius 3 is 2.12 bits per heavy atom. The molecule has 0 atom stereocenters. The van der Waals surface area contributed by atoms with E-state index in [1.807, 2.05) is 35.4 Å². The van der Waals surface area contributed by atoms with Crippen molar-refractivity contribution in [2.75, 3.05) is 31.1 Å². The number of pyridine rings is 1. The van der Waals surface area contributed by atoms with Gasteiger partial charge in [-0.3, -0.25) is 4.79 Å². The number of hydrogen-bond acceptors (Lipinski definition) is 3. The van der Waals surface area contributed by atoms with Gasteiger partial charge in [0.15, 0.2) is 0 Å². The van der Waals surface area contributed by atoms with Crippen molar-refractivity contribution in [3.05, 3.63) is 57.1 Å². The van der Waals surface area contributed by atoms with E-state index in [-0.39, 0.29) is 5.41 Å². The van der Waals surface area contributed by atoms with Crippen LogP contribution >= 0.6 is 31.9 Å². The summed E-state index contributed by atoms with van der Waals surface area (Å²) in [6.45, 7) is 3.18. The van der Waals surface area contributed by atoms with Gasteiger partial charge in [0.2, 0.25) is 5.91 Å². The maximum absolute atomic E-state index is 13.1. The second-order valence-corrected chi connectivity index (χ2v) is 8.53. The first-order valence-corrected chi connectivity index (χ1v) is 10.1. The van der Waals surface area contributed by atoms with E-state index in [1.165, 1.54) is 0 Å². The van der Waals surface area contributed by atoms with Gasteiger partial charge >= 0.3 is 0 Å². The molecule has 2 aromatic rings. The fraction of sp³-hybridized carbons (Fsp3) is 0.368. The number of rotatable bonds is 3. The van der Waals surface area contributed by atoms with Crippen molar-refractivity contribution >= 4 is 43.6 Å². The summed E-state index contributed by atoms with van der Waals surface area (Å²) in [4.78, 5) is 21.9. The normalized spacial score (nSPS) is 19.0. The highest BCUT2D eigenvalue weighted by atomic mass is 79.9. The van der Waals surface area contributed by atoms with Crippen molar-refractivity contribution in [2.45, 2.75) is 18.3 Å². The summed E-state index contributed by atoms with van der Waals surface area (Å²) in [6, 6.07) is 12.2. The predicted octanol–water partition coefficient (Wildman–Crippen LogP) is 3.99. The second-order valence-electron chi connectivity index (χ2n) is 6.70. The van der Waals surface area contributed by atoms with Gasteiger partial charge in [-0.1, -0.05) is 28.1 Å². The van der Waals surface area contributed by atoms with Gasteiger partial charge in [-0.2, -0.15) is 0 Å². The fourth-order valence-corrected chi connectivity index (χ4v) is 4.02. The zero-order valence-corrected chi connectivity index (χ0v) is 17.0. The Bertz CT molecular complexity index is 764. The van der Waals surface area contributed by atoms with Crippen molar-refractivity contribution in [3.63, 3.8) is 0 Å². The van der Waals surface area contributed by atoms with Crippen LogP contribution in [0, 0.1) is 0 Å². The van der Waals surface area contributed by atoms with Gasteiger partial charge in [0.1, 0.15) is 5.82 Å². The van der Waals surface area contributed by atoms with Gasteiger partial charge in [0, 0.05) is 41.3 Å². The lowest BCUT2D eigenvalue weighted by atomic mass is 9.94. The number of anilines is 1. The molecule has 2 aliphatic rings. The molecule has 4 nitrogen and oxygen atoms in total. The molecule has 0 N–H and O–H groups in total. The molecule has 2 fully saturated rings. The molecule has 1 aromatic carbocycles. The quantitative estimate of drug-likeness (QED) is 0.689. The van der Waals surface area contributed by atoms with Crippen LogP contribution in [0.4, 0.5) is 5.82 Å². The highest BCUT2D eigenvalue weighted by Crippen LogP contribution is 2.49. The Balaban J connectivity index is 1.43. The predicted molar refractivity (Wildman–Crippen MR) is 106 cm³/mol. The molecule has 0 unspecified atom stereocenters. The summed E-state index contributed by atoms with van der Waals surface area (Å²) in [6.07, 6.45) is 3.74. The molecule has 1 aromatic heterocycles. The summed E-state index contributed by atoms with van der Waals surface area (Å²) in [7, 11) is 0. The molecule has 6 heteroatoms. The summed E-state index contributed by atoms with van der Waals surface area (Å²) in [5, 5.41) is 0. The van der Waals surface area contributed by atoms with Crippen LogP contribution in [0.1, 0.15) is 18.4 Å². The maximum atomic E-state index is 13.1. The van der Waals surface area contributed by atoms with Crippen LogP contribution in [-0.4, -0.2) is 42.0 Å². The standard InChI is InChI=1S/C19H19Br2N3O/c20-15-3-1-14(2-4-15)19(7-8-19)18(25)24-11-9-23(10-12-24)17-6-5-16(21)13-22-17/h1-6,13H,7-12H2. The summed E-state index contributed by atoms with van der Waals surface area (Å²) in [5.74, 6) is 1.27. The first-order chi connectivity index (χ1) is 12.1. The Morgan fingerprint density at radius 2 is 1.56 bits per heavy atom. The molecule has 0 radical (unpaired) electrons. The van der Waals surface area contributed by atoms with Gasteiger partial charge in [-0.25, -0.2) is 4.98 Å². The van der Waals surface area contributed by atoms with Gasteiger partial charge < -0.3 is 9.80 Å². The summed E-state index contributed by atoms with van der Waals surface area (Å²) >= 11 is 6.89. The zero-order chi connectivity index (χ0) is 17.4. The lowest BCUT2D eigenvalue weighted by Gasteiger charge is -2.37. The lowest BCUT2D eigenvalue weighted by Crippen LogP contribution is -2.51. The third kappa shape index (κ3) is 3.34. The molecule has 1 saturated heterocycles. The van der Waals surface area contributed by atoms with E-state index in [0.29, 0.717) is 5.91 Å². The van der Waals surface area contributed by atoms with E-state index >= 15 is 0 Å². The first kappa shape index (κ1) is 17.0. The van der Waals surface area contributed by atoms with E-state index in [2.05, 4.69) is 53.9 Å². The van der Waals surface area contributed by atoms with Crippen LogP contribution in [0.3, 0.4) is 0 Å². The summed E-state index contributed by atoms with van der Waals surface area (Å²) in [5.41, 5.74) is 0.872. The van der Waals surface area contributed by atoms with E-state index in [9.17, 15) is 4.79 Å². The van der Waals surface area contributed by atoms with E-state index in [4.69, 9.17) is 0 Å². The number of benzene rings is 1. The highest BCUT2D eigenvalue weighted by Gasteiger charge is 2.53. The average Bonchev–Trinajstić information content (AvgIpc) is 3.44. The van der Waals surface area contributed by atoms with Crippen molar-refractivity contribution < 1.29 is 4.79 Å².